The van der Waals surface area contributed by atoms with Crippen molar-refractivity contribution in [3.63, 3.8) is 0 Å². The van der Waals surface area contributed by atoms with Crippen LogP contribution in [0, 0.1) is 0 Å². The van der Waals surface area contributed by atoms with E-state index < -0.39 is 5.43 Å². The third-order valence-electron chi connectivity index (χ3n) is 8.26. The smallest absolute Gasteiger partial charge is 0.239 e. The van der Waals surface area contributed by atoms with Crippen molar-refractivity contribution in [3.8, 4) is 34.3 Å². The van der Waals surface area contributed by atoms with Crippen LogP contribution in [0.5, 0.6) is 23.0 Å². The number of methoxy groups -OCH3 is 1. The minimum absolute atomic E-state index is 0.101. The zero-order valence-electron chi connectivity index (χ0n) is 28.5. The van der Waals surface area contributed by atoms with Gasteiger partial charge < -0.3 is 33.5 Å². The van der Waals surface area contributed by atoms with Crippen LogP contribution >= 0.6 is 0 Å². The zero-order valence-corrected chi connectivity index (χ0v) is 28.5. The van der Waals surface area contributed by atoms with Crippen LogP contribution in [-0.4, -0.2) is 74.5 Å². The summed E-state index contributed by atoms with van der Waals surface area (Å²) < 4.78 is 24.4. The molecule has 1 aromatic heterocycles. The third kappa shape index (κ3) is 10.00. The Morgan fingerprint density at radius 3 is 1.98 bits per heavy atom. The van der Waals surface area contributed by atoms with Gasteiger partial charge in [0.05, 0.1) is 20.3 Å². The number of hydrogen-bond acceptors (Lipinski definition) is 8. The molecule has 0 saturated heterocycles. The predicted molar refractivity (Wildman–Crippen MR) is 184 cm³/mol. The van der Waals surface area contributed by atoms with Gasteiger partial charge in [0, 0.05) is 17.2 Å². The van der Waals surface area contributed by atoms with Gasteiger partial charge in [0.15, 0.2) is 5.76 Å². The maximum Gasteiger partial charge on any atom is 0.239 e. The summed E-state index contributed by atoms with van der Waals surface area (Å²) in [5, 5.41) is 11.3. The molecule has 0 unspecified atom stereocenters. The predicted octanol–water partition coefficient (Wildman–Crippen LogP) is 7.68. The van der Waals surface area contributed by atoms with Crippen LogP contribution in [0.25, 0.3) is 22.3 Å². The molecule has 0 amide bonds. The van der Waals surface area contributed by atoms with E-state index in [9.17, 15) is 9.90 Å². The van der Waals surface area contributed by atoms with Crippen LogP contribution in [0.15, 0.2) is 51.2 Å². The van der Waals surface area contributed by atoms with Crippen molar-refractivity contribution in [1.82, 2.24) is 9.80 Å². The van der Waals surface area contributed by atoms with Crippen LogP contribution in [0.3, 0.4) is 0 Å². The second kappa shape index (κ2) is 18.5. The van der Waals surface area contributed by atoms with E-state index in [1.54, 1.807) is 13.2 Å². The van der Waals surface area contributed by atoms with Crippen molar-refractivity contribution in [2.45, 2.75) is 73.6 Å². The Kier molecular flexibility index (Phi) is 14.8. The Morgan fingerprint density at radius 2 is 1.44 bits per heavy atom. The molecule has 3 rings (SSSR count). The fraction of sp³-hybridized carbons (Fsp3) is 0.541. The number of unbranched alkanes of at least 4 members (excludes halogenated alkanes) is 2. The van der Waals surface area contributed by atoms with Crippen molar-refractivity contribution in [2.75, 3.05) is 59.6 Å². The molecule has 0 aliphatic rings. The minimum Gasteiger partial charge on any atom is -0.507 e. The Balaban J connectivity index is 2.04. The Morgan fingerprint density at radius 1 is 0.867 bits per heavy atom. The molecule has 45 heavy (non-hydrogen) atoms. The first kappa shape index (κ1) is 36.0. The molecule has 8 nitrogen and oxygen atoms in total. The summed E-state index contributed by atoms with van der Waals surface area (Å²) in [5.41, 5.74) is 2.46. The highest BCUT2D eigenvalue weighted by Crippen LogP contribution is 2.40. The van der Waals surface area contributed by atoms with Gasteiger partial charge in [0.25, 0.3) is 0 Å². The van der Waals surface area contributed by atoms with E-state index in [4.69, 9.17) is 18.6 Å². The van der Waals surface area contributed by atoms with E-state index >= 15 is 0 Å². The largest absolute Gasteiger partial charge is 0.507 e. The van der Waals surface area contributed by atoms with E-state index in [0.29, 0.717) is 48.0 Å². The normalized spacial score (nSPS) is 11.4. The summed E-state index contributed by atoms with van der Waals surface area (Å²) in [6, 6.07) is 8.90. The molecule has 3 aromatic rings. The molecule has 1 heterocycles. The number of phenols is 1. The van der Waals surface area contributed by atoms with Crippen LogP contribution < -0.4 is 19.6 Å². The molecule has 2 aromatic carbocycles. The van der Waals surface area contributed by atoms with Gasteiger partial charge in [-0.15, -0.1) is 0 Å². The number of allylic oxidation sites excluding steroid dienone is 2. The van der Waals surface area contributed by atoms with Crippen molar-refractivity contribution in [1.29, 1.82) is 0 Å². The SMILES string of the molecule is CCN(CC)CCCCOc1cc(O)c2c(=O)c(OCCCCN(CC)CC)c(-c3ccc(OC)cc3)oc2c1CC=C(C)C. The van der Waals surface area contributed by atoms with Crippen molar-refractivity contribution >= 4 is 11.0 Å². The molecule has 0 bridgehead atoms. The van der Waals surface area contributed by atoms with E-state index in [-0.39, 0.29) is 16.9 Å². The van der Waals surface area contributed by atoms with E-state index in [1.165, 1.54) is 0 Å². The van der Waals surface area contributed by atoms with Crippen molar-refractivity contribution in [2.24, 2.45) is 0 Å². The molecule has 0 saturated carbocycles. The number of hydrogen-bond donors (Lipinski definition) is 1. The Labute approximate surface area is 269 Å². The summed E-state index contributed by atoms with van der Waals surface area (Å²) in [4.78, 5) is 18.9. The maximum atomic E-state index is 14.1. The second-order valence-corrected chi connectivity index (χ2v) is 11.5. The molecule has 0 radical (unpaired) electrons. The standard InChI is InChI=1S/C37H54N2O6/c1-8-38(9-2)22-12-14-24-43-32-26-31(40)33-34(41)37(44-25-15-13-23-39(10-3)11-4)35(28-17-19-29(42-7)20-18-28)45-36(33)30(32)21-16-27(5)6/h16-20,26,40H,8-15,21-25H2,1-7H3. The highest BCUT2D eigenvalue weighted by molar-refractivity contribution is 5.91. The number of benzene rings is 2. The molecular formula is C37H54N2O6. The summed E-state index contributed by atoms with van der Waals surface area (Å²) >= 11 is 0. The molecule has 1 N–H and O–H groups in total. The lowest BCUT2D eigenvalue weighted by Gasteiger charge is -2.19. The molecule has 0 aliphatic heterocycles. The number of fused-ring (bicyclic) bond motifs is 1. The van der Waals surface area contributed by atoms with Gasteiger partial charge in [-0.25, -0.2) is 0 Å². The summed E-state index contributed by atoms with van der Waals surface area (Å²) in [6.07, 6.45) is 6.19. The molecule has 0 fully saturated rings. The van der Waals surface area contributed by atoms with Gasteiger partial charge in [-0.2, -0.15) is 0 Å². The Hall–Kier alpha value is -3.49. The quantitative estimate of drug-likeness (QED) is 0.101. The van der Waals surface area contributed by atoms with Gasteiger partial charge in [-0.1, -0.05) is 39.3 Å². The molecular weight excluding hydrogens is 568 g/mol. The minimum atomic E-state index is -0.396. The number of nitrogens with zero attached hydrogens (tertiary/aromatic N) is 2. The third-order valence-corrected chi connectivity index (χ3v) is 8.26. The summed E-state index contributed by atoms with van der Waals surface area (Å²) in [5.74, 6) is 1.47. The maximum absolute atomic E-state index is 14.1. The van der Waals surface area contributed by atoms with Gasteiger partial charge in [0.2, 0.25) is 11.2 Å². The van der Waals surface area contributed by atoms with Crippen LogP contribution in [0.2, 0.25) is 0 Å². The van der Waals surface area contributed by atoms with E-state index in [1.807, 2.05) is 38.1 Å². The molecule has 8 heteroatoms. The second-order valence-electron chi connectivity index (χ2n) is 11.5. The molecule has 0 spiro atoms. The monoisotopic (exact) mass is 622 g/mol. The van der Waals surface area contributed by atoms with Crippen LogP contribution in [0.4, 0.5) is 0 Å². The molecule has 0 aliphatic carbocycles. The van der Waals surface area contributed by atoms with Gasteiger partial charge in [0.1, 0.15) is 28.2 Å². The molecule has 248 valence electrons. The first-order chi connectivity index (χ1) is 21.8. The fourth-order valence-electron chi connectivity index (χ4n) is 5.36. The zero-order chi connectivity index (χ0) is 32.8. The molecule has 0 atom stereocenters. The van der Waals surface area contributed by atoms with Crippen LogP contribution in [-0.2, 0) is 6.42 Å². The van der Waals surface area contributed by atoms with Gasteiger partial charge in [-0.05, 0) is 109 Å². The average molecular weight is 623 g/mol. The van der Waals surface area contributed by atoms with Gasteiger partial charge in [-0.3, -0.25) is 4.79 Å². The highest BCUT2D eigenvalue weighted by atomic mass is 16.5. The fourth-order valence-corrected chi connectivity index (χ4v) is 5.36. The topological polar surface area (TPSA) is 84.6 Å². The van der Waals surface area contributed by atoms with Crippen molar-refractivity contribution in [3.05, 3.63) is 57.8 Å². The first-order valence-electron chi connectivity index (χ1n) is 16.6. The van der Waals surface area contributed by atoms with E-state index in [0.717, 1.165) is 76.1 Å². The lowest BCUT2D eigenvalue weighted by atomic mass is 10.0. The highest BCUT2D eigenvalue weighted by Gasteiger charge is 2.24. The average Bonchev–Trinajstić information content (AvgIpc) is 3.04. The number of aromatic hydroxyl groups is 1. The number of ether oxygens (including phenoxy) is 3. The first-order valence-corrected chi connectivity index (χ1v) is 16.6. The lowest BCUT2D eigenvalue weighted by molar-refractivity contribution is 0.262. The summed E-state index contributed by atoms with van der Waals surface area (Å²) in [7, 11) is 1.61. The lowest BCUT2D eigenvalue weighted by Crippen LogP contribution is -2.24. The van der Waals surface area contributed by atoms with Gasteiger partial charge >= 0.3 is 0 Å². The number of phenolic OH excluding ortho intramolecular Hbond substituents is 1. The van der Waals surface area contributed by atoms with Crippen LogP contribution in [0.1, 0.15) is 72.8 Å². The number of rotatable bonds is 20. The van der Waals surface area contributed by atoms with Crippen molar-refractivity contribution < 1.29 is 23.7 Å². The van der Waals surface area contributed by atoms with E-state index in [2.05, 4.69) is 43.6 Å². The Bertz CT molecular complexity index is 1420. The summed E-state index contributed by atoms with van der Waals surface area (Å²) in [6.45, 7) is 19.6.